The van der Waals surface area contributed by atoms with Crippen LogP contribution < -0.4 is 10.6 Å². The molecule has 2 aromatic carbocycles. The van der Waals surface area contributed by atoms with Gasteiger partial charge in [0.1, 0.15) is 0 Å². The zero-order valence-corrected chi connectivity index (χ0v) is 16.1. The molecule has 0 saturated carbocycles. The van der Waals surface area contributed by atoms with E-state index in [1.165, 1.54) is 4.88 Å². The summed E-state index contributed by atoms with van der Waals surface area (Å²) in [5.74, 6) is -0.0603. The van der Waals surface area contributed by atoms with Gasteiger partial charge in [-0.05, 0) is 35.6 Å². The van der Waals surface area contributed by atoms with E-state index in [0.717, 1.165) is 11.1 Å². The molecule has 26 heavy (non-hydrogen) atoms. The average molecular weight is 385 g/mol. The van der Waals surface area contributed by atoms with Crippen molar-refractivity contribution in [2.75, 3.05) is 6.54 Å². The molecule has 1 aromatic heterocycles. The minimum atomic E-state index is -0.144. The normalized spacial score (nSPS) is 13.2. The van der Waals surface area contributed by atoms with Crippen LogP contribution in [0.1, 0.15) is 35.0 Å². The van der Waals surface area contributed by atoms with Crippen LogP contribution in [-0.2, 0) is 4.79 Å². The molecule has 1 heterocycles. The van der Waals surface area contributed by atoms with E-state index < -0.39 is 0 Å². The molecule has 3 nitrogen and oxygen atoms in total. The number of amides is 1. The van der Waals surface area contributed by atoms with E-state index in [1.54, 1.807) is 11.3 Å². The van der Waals surface area contributed by atoms with Crippen LogP contribution in [0, 0.1) is 0 Å². The van der Waals surface area contributed by atoms with Crippen LogP contribution >= 0.6 is 22.9 Å². The minimum absolute atomic E-state index is 0.00225. The average Bonchev–Trinajstić information content (AvgIpc) is 3.17. The highest BCUT2D eigenvalue weighted by molar-refractivity contribution is 7.10. The molecule has 2 N–H and O–H groups in total. The number of hydrogen-bond donors (Lipinski definition) is 2. The van der Waals surface area contributed by atoms with Gasteiger partial charge in [-0.3, -0.25) is 10.1 Å². The number of carbonyl (C=O) groups excluding carboxylic acids is 1. The molecule has 2 atom stereocenters. The number of thiophene rings is 1. The number of halogens is 1. The molecule has 1 amide bonds. The summed E-state index contributed by atoms with van der Waals surface area (Å²) in [7, 11) is 0. The third-order valence-corrected chi connectivity index (χ3v) is 5.46. The maximum absolute atomic E-state index is 12.4. The quantitative estimate of drug-likeness (QED) is 0.604. The fraction of sp³-hybridized carbons (Fsp3) is 0.190. The van der Waals surface area contributed by atoms with Gasteiger partial charge in [-0.1, -0.05) is 66.2 Å². The Morgan fingerprint density at radius 3 is 2.46 bits per heavy atom. The van der Waals surface area contributed by atoms with Gasteiger partial charge >= 0.3 is 0 Å². The van der Waals surface area contributed by atoms with Gasteiger partial charge < -0.3 is 5.32 Å². The number of rotatable bonds is 7. The van der Waals surface area contributed by atoms with Crippen molar-refractivity contribution < 1.29 is 4.79 Å². The highest BCUT2D eigenvalue weighted by Gasteiger charge is 2.17. The van der Waals surface area contributed by atoms with Crippen molar-refractivity contribution >= 4 is 28.8 Å². The van der Waals surface area contributed by atoms with Crippen molar-refractivity contribution in [2.24, 2.45) is 0 Å². The number of hydrogen-bond acceptors (Lipinski definition) is 3. The smallest absolute Gasteiger partial charge is 0.234 e. The molecular formula is C21H21ClN2OS. The van der Waals surface area contributed by atoms with E-state index in [9.17, 15) is 4.79 Å². The highest BCUT2D eigenvalue weighted by atomic mass is 35.5. The second-order valence-corrected chi connectivity index (χ2v) is 7.44. The van der Waals surface area contributed by atoms with Gasteiger partial charge in [-0.15, -0.1) is 11.3 Å². The van der Waals surface area contributed by atoms with E-state index in [2.05, 4.69) is 28.8 Å². The maximum Gasteiger partial charge on any atom is 0.234 e. The molecule has 3 rings (SSSR count). The Labute approximate surface area is 163 Å². The third-order valence-electron chi connectivity index (χ3n) is 4.18. The molecule has 0 fully saturated rings. The van der Waals surface area contributed by atoms with Gasteiger partial charge in [-0.2, -0.15) is 0 Å². The van der Waals surface area contributed by atoms with Gasteiger partial charge in [0, 0.05) is 9.90 Å². The second-order valence-electron chi connectivity index (χ2n) is 6.05. The van der Waals surface area contributed by atoms with E-state index in [0.29, 0.717) is 5.02 Å². The Hall–Kier alpha value is -2.14. The zero-order valence-electron chi connectivity index (χ0n) is 14.5. The SMILES string of the molecule is C[C@@H](NC(=O)CN[C@H](c1ccccc1)c1cccs1)c1ccccc1Cl. The third kappa shape index (κ3) is 4.73. The van der Waals surface area contributed by atoms with Crippen molar-refractivity contribution in [1.29, 1.82) is 0 Å². The second kappa shape index (κ2) is 8.99. The summed E-state index contributed by atoms with van der Waals surface area (Å²) in [4.78, 5) is 13.6. The summed E-state index contributed by atoms with van der Waals surface area (Å²) in [6.45, 7) is 2.17. The van der Waals surface area contributed by atoms with E-state index in [1.807, 2.05) is 60.8 Å². The Morgan fingerprint density at radius 2 is 1.77 bits per heavy atom. The summed E-state index contributed by atoms with van der Waals surface area (Å²) in [6.07, 6.45) is 0. The molecule has 0 radical (unpaired) electrons. The minimum Gasteiger partial charge on any atom is -0.348 e. The van der Waals surface area contributed by atoms with Gasteiger partial charge in [-0.25, -0.2) is 0 Å². The Bertz CT molecular complexity index is 836. The van der Waals surface area contributed by atoms with Crippen LogP contribution in [0.4, 0.5) is 0 Å². The molecule has 0 bridgehead atoms. The van der Waals surface area contributed by atoms with E-state index >= 15 is 0 Å². The molecule has 0 aliphatic carbocycles. The lowest BCUT2D eigenvalue weighted by molar-refractivity contribution is -0.120. The lowest BCUT2D eigenvalue weighted by Crippen LogP contribution is -2.37. The molecule has 0 aliphatic heterocycles. The number of nitrogens with one attached hydrogen (secondary N) is 2. The van der Waals surface area contributed by atoms with Crippen molar-refractivity contribution in [3.63, 3.8) is 0 Å². The number of benzene rings is 2. The van der Waals surface area contributed by atoms with Crippen molar-refractivity contribution in [2.45, 2.75) is 19.0 Å². The monoisotopic (exact) mass is 384 g/mol. The summed E-state index contributed by atoms with van der Waals surface area (Å²) in [6, 6.07) is 21.7. The fourth-order valence-corrected chi connectivity index (χ4v) is 4.00. The predicted molar refractivity (Wildman–Crippen MR) is 109 cm³/mol. The molecule has 0 spiro atoms. The van der Waals surface area contributed by atoms with Gasteiger partial charge in [0.15, 0.2) is 0 Å². The molecule has 5 heteroatoms. The van der Waals surface area contributed by atoms with Crippen LogP contribution in [-0.4, -0.2) is 12.5 Å². The van der Waals surface area contributed by atoms with Gasteiger partial charge in [0.05, 0.1) is 18.6 Å². The van der Waals surface area contributed by atoms with Gasteiger partial charge in [0.25, 0.3) is 0 Å². The van der Waals surface area contributed by atoms with Crippen molar-refractivity contribution in [1.82, 2.24) is 10.6 Å². The first-order chi connectivity index (χ1) is 12.6. The Morgan fingerprint density at radius 1 is 1.04 bits per heavy atom. The van der Waals surface area contributed by atoms with Crippen LogP contribution in [0.15, 0.2) is 72.1 Å². The largest absolute Gasteiger partial charge is 0.348 e. The summed E-state index contributed by atoms with van der Waals surface area (Å²) in [5.41, 5.74) is 2.06. The lowest BCUT2D eigenvalue weighted by Gasteiger charge is -2.20. The number of carbonyl (C=O) groups is 1. The Balaban J connectivity index is 1.64. The first-order valence-corrected chi connectivity index (χ1v) is 9.76. The van der Waals surface area contributed by atoms with Crippen LogP contribution in [0.3, 0.4) is 0 Å². The first-order valence-electron chi connectivity index (χ1n) is 8.50. The molecule has 3 aromatic rings. The van der Waals surface area contributed by atoms with E-state index in [4.69, 9.17) is 11.6 Å². The van der Waals surface area contributed by atoms with Gasteiger partial charge in [0.2, 0.25) is 5.91 Å². The summed E-state index contributed by atoms with van der Waals surface area (Å²) in [5, 5.41) is 9.09. The summed E-state index contributed by atoms with van der Waals surface area (Å²) < 4.78 is 0. The summed E-state index contributed by atoms with van der Waals surface area (Å²) >= 11 is 7.89. The van der Waals surface area contributed by atoms with Crippen LogP contribution in [0.2, 0.25) is 5.02 Å². The lowest BCUT2D eigenvalue weighted by atomic mass is 10.1. The Kier molecular flexibility index (Phi) is 6.45. The molecular weight excluding hydrogens is 364 g/mol. The highest BCUT2D eigenvalue weighted by Crippen LogP contribution is 2.26. The van der Waals surface area contributed by atoms with Crippen molar-refractivity contribution in [3.8, 4) is 0 Å². The van der Waals surface area contributed by atoms with Crippen molar-refractivity contribution in [3.05, 3.63) is 93.1 Å². The molecule has 0 saturated heterocycles. The van der Waals surface area contributed by atoms with Crippen LogP contribution in [0.5, 0.6) is 0 Å². The van der Waals surface area contributed by atoms with E-state index in [-0.39, 0.29) is 24.5 Å². The standard InChI is InChI=1S/C21H21ClN2OS/c1-15(17-10-5-6-11-18(17)22)24-20(25)14-23-21(19-12-7-13-26-19)16-8-3-2-4-9-16/h2-13,15,21,23H,14H2,1H3,(H,24,25)/t15-,21-/m1/s1. The zero-order chi connectivity index (χ0) is 18.4. The predicted octanol–water partition coefficient (Wildman–Crippen LogP) is 4.96. The molecule has 134 valence electrons. The molecule has 0 unspecified atom stereocenters. The maximum atomic E-state index is 12.4. The topological polar surface area (TPSA) is 41.1 Å². The van der Waals surface area contributed by atoms with Crippen LogP contribution in [0.25, 0.3) is 0 Å². The first kappa shape index (κ1) is 18.6. The molecule has 0 aliphatic rings. The fourth-order valence-electron chi connectivity index (χ4n) is 2.88.